The Balaban J connectivity index is 2.06. The topological polar surface area (TPSA) is 115 Å². The summed E-state index contributed by atoms with van der Waals surface area (Å²) in [5.74, 6) is -0.893. The van der Waals surface area contributed by atoms with Crippen molar-refractivity contribution < 1.29 is 18.3 Å². The number of carboxylic acid groups (broad SMARTS) is 1. The number of hydrogen-bond donors (Lipinski definition) is 2. The highest BCUT2D eigenvalue weighted by molar-refractivity contribution is 7.89. The molecule has 1 atom stereocenters. The van der Waals surface area contributed by atoms with Crippen LogP contribution in [0.4, 0.5) is 0 Å². The van der Waals surface area contributed by atoms with Gasteiger partial charge in [0.25, 0.3) is 0 Å². The summed E-state index contributed by atoms with van der Waals surface area (Å²) in [6.45, 7) is 0. The Hall–Kier alpha value is -2.54. The smallest absolute Gasteiger partial charge is 0.303 e. The van der Waals surface area contributed by atoms with Crippen molar-refractivity contribution in [2.75, 3.05) is 0 Å². The molecule has 27 heavy (non-hydrogen) atoms. The largest absolute Gasteiger partial charge is 0.481 e. The lowest BCUT2D eigenvalue weighted by Gasteiger charge is -2.08. The molecule has 0 spiro atoms. The van der Waals surface area contributed by atoms with Gasteiger partial charge in [0.05, 0.1) is 28.4 Å². The van der Waals surface area contributed by atoms with Crippen molar-refractivity contribution in [3.8, 4) is 16.9 Å². The van der Waals surface area contributed by atoms with Gasteiger partial charge >= 0.3 is 5.97 Å². The fourth-order valence-corrected chi connectivity index (χ4v) is 3.33. The molecule has 1 aromatic heterocycles. The van der Waals surface area contributed by atoms with Crippen LogP contribution >= 0.6 is 9.24 Å². The molecule has 3 rings (SSSR count). The average molecular weight is 403 g/mol. The number of carbonyl (C=O) groups is 1. The number of nitrogens with two attached hydrogens (primary N) is 1. The zero-order valence-corrected chi connectivity index (χ0v) is 16.2. The Morgan fingerprint density at radius 3 is 2.30 bits per heavy atom. The SMILES string of the molecule is NS(=O)(=O)c1ccc(-n2nc(CCC(=O)O)cc2-c2ccc(P)cc2)cc1. The molecule has 3 aromatic rings. The molecule has 0 amide bonds. The third-order valence-electron chi connectivity index (χ3n) is 3.97. The highest BCUT2D eigenvalue weighted by atomic mass is 32.2. The van der Waals surface area contributed by atoms with Crippen LogP contribution in [0.2, 0.25) is 0 Å². The molecule has 0 saturated carbocycles. The van der Waals surface area contributed by atoms with E-state index in [1.807, 2.05) is 30.3 Å². The van der Waals surface area contributed by atoms with Gasteiger partial charge in [0.15, 0.2) is 0 Å². The Morgan fingerprint density at radius 2 is 1.74 bits per heavy atom. The minimum Gasteiger partial charge on any atom is -0.481 e. The van der Waals surface area contributed by atoms with Gasteiger partial charge in [0, 0.05) is 12.0 Å². The lowest BCUT2D eigenvalue weighted by atomic mass is 10.1. The quantitative estimate of drug-likeness (QED) is 0.608. The fraction of sp³-hybridized carbons (Fsp3) is 0.111. The van der Waals surface area contributed by atoms with Gasteiger partial charge in [0.2, 0.25) is 10.0 Å². The van der Waals surface area contributed by atoms with Crippen LogP contribution in [0.1, 0.15) is 12.1 Å². The normalized spacial score (nSPS) is 11.5. The van der Waals surface area contributed by atoms with E-state index in [-0.39, 0.29) is 11.3 Å². The molecule has 140 valence electrons. The third-order valence-corrected chi connectivity index (χ3v) is 5.29. The zero-order chi connectivity index (χ0) is 19.6. The van der Waals surface area contributed by atoms with Crippen molar-refractivity contribution in [1.82, 2.24) is 9.78 Å². The van der Waals surface area contributed by atoms with Gasteiger partial charge in [-0.25, -0.2) is 18.2 Å². The van der Waals surface area contributed by atoms with E-state index >= 15 is 0 Å². The van der Waals surface area contributed by atoms with E-state index in [2.05, 4.69) is 14.3 Å². The highest BCUT2D eigenvalue weighted by Crippen LogP contribution is 2.25. The predicted molar refractivity (Wildman–Crippen MR) is 106 cm³/mol. The number of hydrogen-bond acceptors (Lipinski definition) is 4. The molecular formula is C18H18N3O4PS. The van der Waals surface area contributed by atoms with Gasteiger partial charge < -0.3 is 5.11 Å². The molecule has 1 heterocycles. The number of aryl methyl sites for hydroxylation is 1. The van der Waals surface area contributed by atoms with E-state index in [1.165, 1.54) is 12.1 Å². The predicted octanol–water partition coefficient (Wildman–Crippen LogP) is 1.70. The second-order valence-corrected chi connectivity index (χ2v) is 8.22. The molecule has 2 aromatic carbocycles. The minimum absolute atomic E-state index is 0.0124. The number of benzene rings is 2. The van der Waals surface area contributed by atoms with Crippen molar-refractivity contribution in [2.24, 2.45) is 5.14 Å². The van der Waals surface area contributed by atoms with Crippen LogP contribution in [0.3, 0.4) is 0 Å². The number of carboxylic acids is 1. The first kappa shape index (κ1) is 19.2. The Kier molecular flexibility index (Phi) is 5.41. The van der Waals surface area contributed by atoms with E-state index in [4.69, 9.17) is 10.2 Å². The van der Waals surface area contributed by atoms with E-state index in [9.17, 15) is 13.2 Å². The standard InChI is InChI=1S/C18H18N3O4PS/c19-27(24,25)16-8-4-14(5-9-16)21-17(12-1-6-15(26)7-2-12)11-13(20-21)3-10-18(22)23/h1-2,4-9,11H,3,10,26H2,(H,22,23)(H2,19,24,25). The molecule has 0 saturated heterocycles. The van der Waals surface area contributed by atoms with Gasteiger partial charge in [-0.2, -0.15) is 5.10 Å². The number of primary sulfonamides is 1. The second kappa shape index (κ2) is 7.60. The third kappa shape index (κ3) is 4.60. The number of aliphatic carboxylic acids is 1. The number of rotatable bonds is 6. The molecule has 0 aliphatic carbocycles. The van der Waals surface area contributed by atoms with Crippen molar-refractivity contribution >= 4 is 30.5 Å². The molecule has 0 bridgehead atoms. The number of aromatic nitrogens is 2. The van der Waals surface area contributed by atoms with Crippen LogP contribution in [0.5, 0.6) is 0 Å². The first-order valence-corrected chi connectivity index (χ1v) is 10.2. The number of sulfonamides is 1. The minimum atomic E-state index is -3.78. The molecule has 9 heteroatoms. The van der Waals surface area contributed by atoms with Crippen molar-refractivity contribution in [2.45, 2.75) is 17.7 Å². The van der Waals surface area contributed by atoms with Gasteiger partial charge in [-0.1, -0.05) is 24.3 Å². The van der Waals surface area contributed by atoms with Crippen LogP contribution in [0, 0.1) is 0 Å². The van der Waals surface area contributed by atoms with Crippen molar-refractivity contribution in [3.63, 3.8) is 0 Å². The van der Waals surface area contributed by atoms with E-state index in [0.29, 0.717) is 17.8 Å². The molecule has 0 aliphatic heterocycles. The second-order valence-electron chi connectivity index (χ2n) is 5.99. The molecule has 3 N–H and O–H groups in total. The summed E-state index contributed by atoms with van der Waals surface area (Å²) >= 11 is 0. The fourth-order valence-electron chi connectivity index (χ4n) is 2.62. The van der Waals surface area contributed by atoms with Gasteiger partial charge in [0.1, 0.15) is 0 Å². The average Bonchev–Trinajstić information content (AvgIpc) is 3.04. The first-order valence-electron chi connectivity index (χ1n) is 8.04. The Labute approximate surface area is 159 Å². The Bertz CT molecular complexity index is 1070. The van der Waals surface area contributed by atoms with Gasteiger partial charge in [-0.3, -0.25) is 4.79 Å². The summed E-state index contributed by atoms with van der Waals surface area (Å²) in [4.78, 5) is 10.9. The van der Waals surface area contributed by atoms with Crippen LogP contribution in [0.15, 0.2) is 59.5 Å². The first-order chi connectivity index (χ1) is 12.7. The van der Waals surface area contributed by atoms with Crippen LogP contribution in [-0.2, 0) is 21.2 Å². The Morgan fingerprint density at radius 1 is 1.11 bits per heavy atom. The van der Waals surface area contributed by atoms with E-state index in [1.54, 1.807) is 16.8 Å². The summed E-state index contributed by atoms with van der Waals surface area (Å²) < 4.78 is 24.6. The van der Waals surface area contributed by atoms with Crippen molar-refractivity contribution in [1.29, 1.82) is 0 Å². The van der Waals surface area contributed by atoms with Crippen LogP contribution in [0.25, 0.3) is 16.9 Å². The molecule has 7 nitrogen and oxygen atoms in total. The molecule has 0 radical (unpaired) electrons. The molecule has 0 aliphatic rings. The summed E-state index contributed by atoms with van der Waals surface area (Å²) in [6.07, 6.45) is 0.275. The maximum atomic E-state index is 11.5. The maximum absolute atomic E-state index is 11.5. The van der Waals surface area contributed by atoms with Crippen molar-refractivity contribution in [3.05, 3.63) is 60.3 Å². The summed E-state index contributed by atoms with van der Waals surface area (Å²) in [7, 11) is -1.16. The summed E-state index contributed by atoms with van der Waals surface area (Å²) in [6, 6.07) is 15.7. The highest BCUT2D eigenvalue weighted by Gasteiger charge is 2.14. The van der Waals surface area contributed by atoms with E-state index < -0.39 is 16.0 Å². The van der Waals surface area contributed by atoms with Crippen LogP contribution < -0.4 is 10.4 Å². The summed E-state index contributed by atoms with van der Waals surface area (Å²) in [5, 5.41) is 19.6. The maximum Gasteiger partial charge on any atom is 0.303 e. The van der Waals surface area contributed by atoms with Crippen LogP contribution in [-0.4, -0.2) is 29.3 Å². The lowest BCUT2D eigenvalue weighted by Crippen LogP contribution is -2.12. The molecule has 0 fully saturated rings. The van der Waals surface area contributed by atoms with E-state index in [0.717, 1.165) is 16.6 Å². The molecule has 1 unspecified atom stereocenters. The van der Waals surface area contributed by atoms with Gasteiger partial charge in [-0.15, -0.1) is 9.24 Å². The molecular weight excluding hydrogens is 385 g/mol. The lowest BCUT2D eigenvalue weighted by molar-refractivity contribution is -0.136. The van der Waals surface area contributed by atoms with Gasteiger partial charge in [-0.05, 0) is 35.6 Å². The number of nitrogens with zero attached hydrogens (tertiary/aromatic N) is 2. The zero-order valence-electron chi connectivity index (χ0n) is 14.2. The summed E-state index contributed by atoms with van der Waals surface area (Å²) in [5.41, 5.74) is 2.97. The monoisotopic (exact) mass is 403 g/mol.